The normalized spacial score (nSPS) is 9.88. The smallest absolute Gasteiger partial charge is 0.126 e. The van der Waals surface area contributed by atoms with Crippen LogP contribution in [0, 0.1) is 5.82 Å². The number of nitrogens with one attached hydrogen (secondary N) is 1. The van der Waals surface area contributed by atoms with E-state index in [1.807, 2.05) is 6.07 Å². The van der Waals surface area contributed by atoms with E-state index >= 15 is 0 Å². The first-order valence-corrected chi connectivity index (χ1v) is 5.15. The Morgan fingerprint density at radius 1 is 1.31 bits per heavy atom. The molecule has 1 aromatic heterocycles. The topological polar surface area (TPSA) is 28.7 Å². The van der Waals surface area contributed by atoms with Crippen LogP contribution in [0.4, 0.5) is 4.39 Å². The molecule has 1 heterocycles. The third kappa shape index (κ3) is 2.97. The van der Waals surface area contributed by atoms with Crippen LogP contribution in [0.2, 0.25) is 0 Å². The van der Waals surface area contributed by atoms with E-state index in [1.165, 1.54) is 6.07 Å². The molecule has 0 atom stereocenters. The second-order valence-electron chi connectivity index (χ2n) is 3.26. The van der Waals surface area contributed by atoms with Gasteiger partial charge in [0, 0.05) is 18.3 Å². The van der Waals surface area contributed by atoms with Crippen molar-refractivity contribution in [3.05, 3.63) is 53.4 Å². The summed E-state index contributed by atoms with van der Waals surface area (Å²) in [5.41, 5.74) is 1.48. The fourth-order valence-electron chi connectivity index (χ4n) is 1.39. The zero-order chi connectivity index (χ0) is 10.7. The Bertz CT molecular complexity index is 457. The van der Waals surface area contributed by atoms with Crippen LogP contribution in [0.5, 0.6) is 0 Å². The van der Waals surface area contributed by atoms with Gasteiger partial charge in [-0.25, -0.2) is 9.37 Å². The van der Waals surface area contributed by atoms with Crippen LogP contribution in [0.15, 0.2) is 30.5 Å². The van der Waals surface area contributed by atoms with Crippen LogP contribution in [0.3, 0.4) is 0 Å². The van der Waals surface area contributed by atoms with Gasteiger partial charge in [-0.05, 0) is 11.6 Å². The molecule has 2 aromatic rings. The molecule has 0 amide bonds. The molecule has 2 rings (SSSR count). The monoisotopic (exact) mass is 260 g/mol. The first-order chi connectivity index (χ1) is 7.29. The molecule has 16 heavy (non-hydrogen) atoms. The summed E-state index contributed by atoms with van der Waals surface area (Å²) in [7, 11) is 0. The van der Waals surface area contributed by atoms with Crippen molar-refractivity contribution in [2.75, 3.05) is 0 Å². The van der Waals surface area contributed by atoms with Gasteiger partial charge in [0.1, 0.15) is 11.6 Å². The average Bonchev–Trinajstić information content (AvgIpc) is 2.69. The van der Waals surface area contributed by atoms with E-state index in [1.54, 1.807) is 18.3 Å². The van der Waals surface area contributed by atoms with Gasteiger partial charge in [0.05, 0.1) is 5.88 Å². The largest absolute Gasteiger partial charge is 0.345 e. The van der Waals surface area contributed by atoms with Gasteiger partial charge in [-0.15, -0.1) is 24.0 Å². The van der Waals surface area contributed by atoms with E-state index < -0.39 is 0 Å². The third-order valence-electron chi connectivity index (χ3n) is 2.14. The van der Waals surface area contributed by atoms with E-state index in [-0.39, 0.29) is 18.2 Å². The molecule has 0 bridgehead atoms. The van der Waals surface area contributed by atoms with Crippen LogP contribution in [0.25, 0.3) is 0 Å². The van der Waals surface area contributed by atoms with Gasteiger partial charge in [0.15, 0.2) is 0 Å². The molecule has 86 valence electrons. The summed E-state index contributed by atoms with van der Waals surface area (Å²) in [6.07, 6.45) is 2.13. The minimum atomic E-state index is -0.207. The Labute approximate surface area is 104 Å². The lowest BCUT2D eigenvalue weighted by molar-refractivity contribution is 0.612. The second-order valence-corrected chi connectivity index (χ2v) is 3.52. The van der Waals surface area contributed by atoms with Crippen molar-refractivity contribution >= 4 is 24.0 Å². The van der Waals surface area contributed by atoms with Crippen molar-refractivity contribution in [2.24, 2.45) is 0 Å². The quantitative estimate of drug-likeness (QED) is 0.844. The maximum atomic E-state index is 13.3. The highest BCUT2D eigenvalue weighted by Gasteiger charge is 2.05. The standard InChI is InChI=1S/C11H10ClFN2.ClH/c12-6-9-7-14-11(15-9)5-8-3-1-2-4-10(8)13;/h1-4,7H,5-6H2,(H,14,15);1H. The van der Waals surface area contributed by atoms with Crippen LogP contribution in [-0.4, -0.2) is 9.97 Å². The van der Waals surface area contributed by atoms with E-state index in [4.69, 9.17) is 11.6 Å². The number of benzene rings is 1. The van der Waals surface area contributed by atoms with Crippen molar-refractivity contribution in [3.8, 4) is 0 Å². The van der Waals surface area contributed by atoms with E-state index in [0.29, 0.717) is 17.9 Å². The molecule has 2 nitrogen and oxygen atoms in total. The molecular weight excluding hydrogens is 250 g/mol. The van der Waals surface area contributed by atoms with Crippen LogP contribution >= 0.6 is 24.0 Å². The zero-order valence-corrected chi connectivity index (χ0v) is 9.98. The lowest BCUT2D eigenvalue weighted by Gasteiger charge is -1.99. The Morgan fingerprint density at radius 3 is 2.69 bits per heavy atom. The summed E-state index contributed by atoms with van der Waals surface area (Å²) in [5.74, 6) is 0.918. The summed E-state index contributed by atoms with van der Waals surface area (Å²) in [6.45, 7) is 0. The molecule has 1 N–H and O–H groups in total. The summed E-state index contributed by atoms with van der Waals surface area (Å²) >= 11 is 5.63. The molecule has 0 aliphatic rings. The van der Waals surface area contributed by atoms with Crippen LogP contribution in [0.1, 0.15) is 17.1 Å². The van der Waals surface area contributed by atoms with E-state index in [9.17, 15) is 4.39 Å². The number of aromatic amines is 1. The maximum Gasteiger partial charge on any atom is 0.126 e. The summed E-state index contributed by atoms with van der Waals surface area (Å²) in [5, 5.41) is 0. The van der Waals surface area contributed by atoms with Crippen molar-refractivity contribution < 1.29 is 4.39 Å². The Kier molecular flexibility index (Phi) is 4.77. The number of hydrogen-bond acceptors (Lipinski definition) is 1. The predicted molar refractivity (Wildman–Crippen MR) is 64.6 cm³/mol. The van der Waals surface area contributed by atoms with Crippen molar-refractivity contribution in [1.29, 1.82) is 0 Å². The highest BCUT2D eigenvalue weighted by atomic mass is 35.5. The number of hydrogen-bond donors (Lipinski definition) is 1. The van der Waals surface area contributed by atoms with Gasteiger partial charge in [0.2, 0.25) is 0 Å². The fraction of sp³-hybridized carbons (Fsp3) is 0.182. The van der Waals surface area contributed by atoms with E-state index in [2.05, 4.69) is 9.97 Å². The molecule has 0 aliphatic carbocycles. The second kappa shape index (κ2) is 5.87. The van der Waals surface area contributed by atoms with Gasteiger partial charge < -0.3 is 4.98 Å². The zero-order valence-electron chi connectivity index (χ0n) is 8.41. The fourth-order valence-corrected chi connectivity index (χ4v) is 1.52. The van der Waals surface area contributed by atoms with Crippen LogP contribution < -0.4 is 0 Å². The molecule has 0 unspecified atom stereocenters. The summed E-state index contributed by atoms with van der Waals surface area (Å²) in [4.78, 5) is 7.15. The van der Waals surface area contributed by atoms with E-state index in [0.717, 1.165) is 11.5 Å². The molecule has 1 aromatic carbocycles. The minimum Gasteiger partial charge on any atom is -0.345 e. The SMILES string of the molecule is Cl.Fc1ccccc1Cc1ncc(CCl)[nH]1. The van der Waals surface area contributed by atoms with Gasteiger partial charge >= 0.3 is 0 Å². The van der Waals surface area contributed by atoms with Crippen LogP contribution in [-0.2, 0) is 12.3 Å². The number of nitrogens with zero attached hydrogens (tertiary/aromatic N) is 1. The maximum absolute atomic E-state index is 13.3. The highest BCUT2D eigenvalue weighted by molar-refractivity contribution is 6.16. The Balaban J connectivity index is 0.00000128. The first-order valence-electron chi connectivity index (χ1n) is 4.61. The number of imidazole rings is 1. The Hall–Kier alpha value is -1.06. The number of H-pyrrole nitrogens is 1. The first kappa shape index (κ1) is 13.0. The molecule has 0 spiro atoms. The number of halogens is 3. The molecule has 0 saturated heterocycles. The number of rotatable bonds is 3. The number of alkyl halides is 1. The van der Waals surface area contributed by atoms with Gasteiger partial charge in [-0.3, -0.25) is 0 Å². The molecule has 0 saturated carbocycles. The molecule has 0 fully saturated rings. The summed E-state index contributed by atoms with van der Waals surface area (Å²) in [6, 6.07) is 6.67. The lowest BCUT2D eigenvalue weighted by Crippen LogP contribution is -1.94. The molecular formula is C11H11Cl2FN2. The van der Waals surface area contributed by atoms with Gasteiger partial charge in [-0.1, -0.05) is 18.2 Å². The summed E-state index contributed by atoms with van der Waals surface area (Å²) < 4.78 is 13.3. The average molecular weight is 261 g/mol. The predicted octanol–water partition coefficient (Wildman–Crippen LogP) is 3.30. The van der Waals surface area contributed by atoms with Crippen molar-refractivity contribution in [2.45, 2.75) is 12.3 Å². The minimum absolute atomic E-state index is 0. The molecule has 5 heteroatoms. The lowest BCUT2D eigenvalue weighted by atomic mass is 10.1. The molecule has 0 aliphatic heterocycles. The third-order valence-corrected chi connectivity index (χ3v) is 2.43. The number of aromatic nitrogens is 2. The molecule has 0 radical (unpaired) electrons. The van der Waals surface area contributed by atoms with Gasteiger partial charge in [-0.2, -0.15) is 0 Å². The Morgan fingerprint density at radius 2 is 2.06 bits per heavy atom. The van der Waals surface area contributed by atoms with Crippen molar-refractivity contribution in [1.82, 2.24) is 9.97 Å². The van der Waals surface area contributed by atoms with Gasteiger partial charge in [0.25, 0.3) is 0 Å². The highest BCUT2D eigenvalue weighted by Crippen LogP contribution is 2.11. The van der Waals surface area contributed by atoms with Crippen molar-refractivity contribution in [3.63, 3.8) is 0 Å².